The molecule has 1 amide bonds. The lowest BCUT2D eigenvalue weighted by Gasteiger charge is -2.29. The molecule has 1 aliphatic rings. The monoisotopic (exact) mass is 576 g/mol. The molecule has 0 bridgehead atoms. The molecule has 1 atom stereocenters. The van der Waals surface area contributed by atoms with Gasteiger partial charge < -0.3 is 10.2 Å². The Bertz CT molecular complexity index is 1310. The van der Waals surface area contributed by atoms with E-state index in [9.17, 15) is 39.6 Å². The number of halogens is 8. The van der Waals surface area contributed by atoms with E-state index in [2.05, 4.69) is 5.16 Å². The first-order valence-corrected chi connectivity index (χ1v) is 12.3. The predicted octanol–water partition coefficient (Wildman–Crippen LogP) is 5.34. The minimum atomic E-state index is -4.94. The number of hydrogen-bond acceptors (Lipinski definition) is 5. The van der Waals surface area contributed by atoms with Crippen molar-refractivity contribution in [1.29, 1.82) is 0 Å². The Hall–Kier alpha value is -2.51. The number of nitrogens with one attached hydrogen (secondary N) is 1. The lowest BCUT2D eigenvalue weighted by atomic mass is 9.86. The highest BCUT2D eigenvalue weighted by Gasteiger charge is 2.62. The van der Waals surface area contributed by atoms with Crippen molar-refractivity contribution in [3.8, 4) is 0 Å². The van der Waals surface area contributed by atoms with E-state index in [0.717, 1.165) is 24.3 Å². The molecule has 1 aliphatic heterocycles. The summed E-state index contributed by atoms with van der Waals surface area (Å²) in [6, 6.07) is 6.75. The van der Waals surface area contributed by atoms with Crippen LogP contribution in [0.1, 0.15) is 23.1 Å². The Kier molecular flexibility index (Phi) is 7.60. The zero-order valence-corrected chi connectivity index (χ0v) is 20.4. The van der Waals surface area contributed by atoms with E-state index in [0.29, 0.717) is 0 Å². The average Bonchev–Trinajstić information content (AvgIpc) is 3.17. The van der Waals surface area contributed by atoms with Gasteiger partial charge in [-0.3, -0.25) is 4.79 Å². The fourth-order valence-electron chi connectivity index (χ4n) is 3.52. The summed E-state index contributed by atoms with van der Waals surface area (Å²) < 4.78 is 104. The van der Waals surface area contributed by atoms with Crippen molar-refractivity contribution in [2.45, 2.75) is 36.2 Å². The standard InChI is InChI=1S/C21H16Cl2F6N2O4S/c1-11-4-12(2-3-17(11)36(33,34)9-18(32)30-10-20(24,25)26)16-8-19(35-31-16,21(27,28)29)13-5-14(22)7-15(23)6-13/h2-7H,8-10H2,1H3,(H,30,32)/t19-/m0/s1. The molecule has 36 heavy (non-hydrogen) atoms. The van der Waals surface area contributed by atoms with Crippen LogP contribution in [0.2, 0.25) is 10.0 Å². The van der Waals surface area contributed by atoms with E-state index in [1.165, 1.54) is 24.4 Å². The van der Waals surface area contributed by atoms with Crippen LogP contribution in [0.3, 0.4) is 0 Å². The van der Waals surface area contributed by atoms with Gasteiger partial charge in [0.15, 0.2) is 9.84 Å². The number of sulfone groups is 1. The van der Waals surface area contributed by atoms with Crippen LogP contribution >= 0.6 is 23.2 Å². The van der Waals surface area contributed by atoms with Crippen LogP contribution in [0.15, 0.2) is 46.4 Å². The van der Waals surface area contributed by atoms with Crippen LogP contribution in [0.4, 0.5) is 26.3 Å². The second-order valence-corrected chi connectivity index (χ2v) is 10.8. The molecule has 0 spiro atoms. The molecule has 0 saturated carbocycles. The van der Waals surface area contributed by atoms with Crippen LogP contribution in [-0.2, 0) is 25.1 Å². The minimum Gasteiger partial charge on any atom is -0.374 e. The number of nitrogens with zero attached hydrogens (tertiary/aromatic N) is 1. The van der Waals surface area contributed by atoms with Crippen molar-refractivity contribution in [3.63, 3.8) is 0 Å². The van der Waals surface area contributed by atoms with Gasteiger partial charge in [0.1, 0.15) is 12.3 Å². The summed E-state index contributed by atoms with van der Waals surface area (Å²) in [4.78, 5) is 16.2. The van der Waals surface area contributed by atoms with E-state index >= 15 is 0 Å². The first-order chi connectivity index (χ1) is 16.4. The van der Waals surface area contributed by atoms with Gasteiger partial charge in [-0.2, -0.15) is 26.3 Å². The van der Waals surface area contributed by atoms with Crippen LogP contribution < -0.4 is 5.32 Å². The number of aryl methyl sites for hydroxylation is 1. The first kappa shape index (κ1) is 28.1. The summed E-state index contributed by atoms with van der Waals surface area (Å²) in [5, 5.41) is 4.94. The molecule has 0 aliphatic carbocycles. The Balaban J connectivity index is 1.86. The van der Waals surface area contributed by atoms with Crippen LogP contribution in [0.5, 0.6) is 0 Å². The molecule has 0 fully saturated rings. The van der Waals surface area contributed by atoms with Crippen molar-refractivity contribution < 1.29 is 44.4 Å². The number of rotatable bonds is 6. The van der Waals surface area contributed by atoms with Crippen molar-refractivity contribution in [1.82, 2.24) is 5.32 Å². The minimum absolute atomic E-state index is 0.0362. The van der Waals surface area contributed by atoms with Gasteiger partial charge in [0.2, 0.25) is 5.91 Å². The molecule has 15 heteroatoms. The van der Waals surface area contributed by atoms with E-state index in [-0.39, 0.29) is 37.3 Å². The lowest BCUT2D eigenvalue weighted by molar-refractivity contribution is -0.275. The number of oxime groups is 1. The summed E-state index contributed by atoms with van der Waals surface area (Å²) in [6.45, 7) is -0.383. The Labute approximate surface area is 211 Å². The molecule has 2 aromatic carbocycles. The SMILES string of the molecule is Cc1cc(C2=NO[C@@](c3cc(Cl)cc(Cl)c3)(C(F)(F)F)C2)ccc1S(=O)(=O)CC(=O)NCC(F)(F)F. The summed E-state index contributed by atoms with van der Waals surface area (Å²) in [7, 11) is -4.36. The summed E-state index contributed by atoms with van der Waals surface area (Å²) >= 11 is 11.7. The number of benzene rings is 2. The van der Waals surface area contributed by atoms with Gasteiger partial charge in [-0.1, -0.05) is 34.4 Å². The van der Waals surface area contributed by atoms with Gasteiger partial charge in [0, 0.05) is 22.0 Å². The Morgan fingerprint density at radius 3 is 2.22 bits per heavy atom. The second-order valence-electron chi connectivity index (χ2n) is 7.92. The van der Waals surface area contributed by atoms with Gasteiger partial charge in [-0.15, -0.1) is 0 Å². The molecule has 0 radical (unpaired) electrons. The highest BCUT2D eigenvalue weighted by atomic mass is 35.5. The average molecular weight is 577 g/mol. The molecule has 1 N–H and O–H groups in total. The third-order valence-electron chi connectivity index (χ3n) is 5.17. The smallest absolute Gasteiger partial charge is 0.374 e. The first-order valence-electron chi connectivity index (χ1n) is 9.89. The third kappa shape index (κ3) is 6.06. The summed E-state index contributed by atoms with van der Waals surface area (Å²) in [5.41, 5.74) is -3.29. The lowest BCUT2D eigenvalue weighted by Crippen LogP contribution is -2.42. The fraction of sp³-hybridized carbons (Fsp3) is 0.333. The number of hydrogen-bond donors (Lipinski definition) is 1. The summed E-state index contributed by atoms with van der Waals surface area (Å²) in [6.07, 6.45) is -10.4. The van der Waals surface area contributed by atoms with Crippen LogP contribution in [0, 0.1) is 6.92 Å². The maximum absolute atomic E-state index is 14.1. The van der Waals surface area contributed by atoms with Gasteiger partial charge in [-0.05, 0) is 48.4 Å². The highest BCUT2D eigenvalue weighted by Crippen LogP contribution is 2.49. The number of carbonyl (C=O) groups excluding carboxylic acids is 1. The Morgan fingerprint density at radius 2 is 1.69 bits per heavy atom. The van der Waals surface area contributed by atoms with E-state index in [1.54, 1.807) is 0 Å². The number of amides is 1. The Morgan fingerprint density at radius 1 is 1.08 bits per heavy atom. The maximum atomic E-state index is 14.1. The molecule has 0 aromatic heterocycles. The maximum Gasteiger partial charge on any atom is 0.435 e. The van der Waals surface area contributed by atoms with Crippen LogP contribution in [0.25, 0.3) is 0 Å². The van der Waals surface area contributed by atoms with Crippen molar-refractivity contribution in [2.75, 3.05) is 12.3 Å². The fourth-order valence-corrected chi connectivity index (χ4v) is 5.48. The zero-order chi connectivity index (χ0) is 27.1. The van der Waals surface area contributed by atoms with Gasteiger partial charge >= 0.3 is 12.4 Å². The second kappa shape index (κ2) is 9.75. The molecular weight excluding hydrogens is 561 g/mol. The molecular formula is C21H16Cl2F6N2O4S. The predicted molar refractivity (Wildman–Crippen MR) is 119 cm³/mol. The molecule has 2 aromatic rings. The summed E-state index contributed by atoms with van der Waals surface area (Å²) in [5.74, 6) is -2.61. The molecule has 0 unspecified atom stereocenters. The quantitative estimate of drug-likeness (QED) is 0.471. The highest BCUT2D eigenvalue weighted by molar-refractivity contribution is 7.92. The normalized spacial score (nSPS) is 18.5. The molecule has 196 valence electrons. The zero-order valence-electron chi connectivity index (χ0n) is 18.1. The van der Waals surface area contributed by atoms with Gasteiger partial charge in [-0.25, -0.2) is 8.42 Å². The van der Waals surface area contributed by atoms with Crippen molar-refractivity contribution in [3.05, 3.63) is 63.1 Å². The molecule has 3 rings (SSSR count). The number of carbonyl (C=O) groups is 1. The molecule has 1 heterocycles. The number of alkyl halides is 6. The molecule has 6 nitrogen and oxygen atoms in total. The van der Waals surface area contributed by atoms with E-state index in [4.69, 9.17) is 28.0 Å². The van der Waals surface area contributed by atoms with Gasteiger partial charge in [0.25, 0.3) is 5.60 Å². The topological polar surface area (TPSA) is 84.8 Å². The van der Waals surface area contributed by atoms with Gasteiger partial charge in [0.05, 0.1) is 10.6 Å². The van der Waals surface area contributed by atoms with Crippen LogP contribution in [-0.4, -0.2) is 44.7 Å². The molecule has 0 saturated heterocycles. The van der Waals surface area contributed by atoms with Crippen molar-refractivity contribution >= 4 is 44.7 Å². The van der Waals surface area contributed by atoms with E-state index < -0.39 is 52.4 Å². The van der Waals surface area contributed by atoms with Crippen molar-refractivity contribution in [2.24, 2.45) is 5.16 Å². The van der Waals surface area contributed by atoms with E-state index in [1.807, 2.05) is 0 Å². The largest absolute Gasteiger partial charge is 0.435 e. The third-order valence-corrected chi connectivity index (χ3v) is 7.37.